The van der Waals surface area contributed by atoms with Gasteiger partial charge in [-0.3, -0.25) is 9.59 Å². The van der Waals surface area contributed by atoms with Crippen molar-refractivity contribution >= 4 is 11.6 Å². The van der Waals surface area contributed by atoms with Gasteiger partial charge in [-0.2, -0.15) is 9.78 Å². The maximum atomic E-state index is 13.2. The van der Waals surface area contributed by atoms with Gasteiger partial charge < -0.3 is 10.6 Å². The van der Waals surface area contributed by atoms with Crippen molar-refractivity contribution in [2.45, 2.75) is 19.4 Å². The monoisotopic (exact) mass is 378 g/mol. The van der Waals surface area contributed by atoms with E-state index in [1.807, 2.05) is 18.2 Å². The molecule has 0 saturated heterocycles. The lowest BCUT2D eigenvalue weighted by molar-refractivity contribution is 0.0978. The molecule has 1 aromatic heterocycles. The Morgan fingerprint density at radius 2 is 1.89 bits per heavy atom. The average Bonchev–Trinajstić information content (AvgIpc) is 2.73. The van der Waals surface area contributed by atoms with Crippen molar-refractivity contribution in [3.8, 4) is 5.69 Å². The lowest BCUT2D eigenvalue weighted by Crippen LogP contribution is -2.37. The van der Waals surface area contributed by atoms with E-state index >= 15 is 0 Å². The normalized spacial score (nSPS) is 13.3. The highest BCUT2D eigenvalue weighted by Crippen LogP contribution is 2.30. The molecule has 0 bridgehead atoms. The van der Waals surface area contributed by atoms with E-state index in [2.05, 4.69) is 5.10 Å². The summed E-state index contributed by atoms with van der Waals surface area (Å²) in [6, 6.07) is 13.9. The molecular weight excluding hydrogens is 359 g/mol. The van der Waals surface area contributed by atoms with Crippen molar-refractivity contribution < 1.29 is 9.18 Å². The molecule has 0 unspecified atom stereocenters. The van der Waals surface area contributed by atoms with Gasteiger partial charge in [-0.1, -0.05) is 12.1 Å². The Bertz CT molecular complexity index is 1090. The fourth-order valence-electron chi connectivity index (χ4n) is 3.53. The number of aromatic nitrogens is 2. The lowest BCUT2D eigenvalue weighted by atomic mass is 9.96. The fourth-order valence-corrected chi connectivity index (χ4v) is 3.53. The summed E-state index contributed by atoms with van der Waals surface area (Å²) in [7, 11) is 0. The minimum Gasteiger partial charge on any atom is -0.326 e. The molecular formula is C21H19FN4O2. The van der Waals surface area contributed by atoms with Crippen molar-refractivity contribution in [3.05, 3.63) is 87.6 Å². The Labute approximate surface area is 161 Å². The highest BCUT2D eigenvalue weighted by molar-refractivity contribution is 6.05. The molecule has 0 atom stereocenters. The summed E-state index contributed by atoms with van der Waals surface area (Å²) in [4.78, 5) is 27.1. The quantitative estimate of drug-likeness (QED) is 0.759. The Hall–Kier alpha value is -3.32. The highest BCUT2D eigenvalue weighted by atomic mass is 19.1. The first-order valence-electron chi connectivity index (χ1n) is 9.07. The second kappa shape index (κ2) is 7.36. The first kappa shape index (κ1) is 18.1. The molecule has 0 fully saturated rings. The number of amides is 1. The van der Waals surface area contributed by atoms with Crippen LogP contribution in [0, 0.1) is 5.82 Å². The third kappa shape index (κ3) is 3.20. The van der Waals surface area contributed by atoms with E-state index in [0.29, 0.717) is 18.8 Å². The molecule has 0 aliphatic carbocycles. The fraction of sp³-hybridized carbons (Fsp3) is 0.190. The van der Waals surface area contributed by atoms with Gasteiger partial charge in [0, 0.05) is 24.8 Å². The highest BCUT2D eigenvalue weighted by Gasteiger charge is 2.26. The number of halogens is 1. The van der Waals surface area contributed by atoms with Gasteiger partial charge in [-0.25, -0.2) is 4.39 Å². The molecule has 1 aliphatic heterocycles. The number of carbonyl (C=O) groups is 1. The number of carbonyl (C=O) groups excluding carboxylic acids is 1. The standard InChI is InChI=1S/C21H19FN4O2/c22-15-6-8-16(9-7-15)26-20(27)11-10-18(24-26)21(28)25-12-2-4-17-14(13-23)3-1-5-19(17)25/h1,3,5-11H,2,4,12-13,23H2. The molecule has 4 rings (SSSR count). The summed E-state index contributed by atoms with van der Waals surface area (Å²) in [5, 5.41) is 4.23. The van der Waals surface area contributed by atoms with E-state index < -0.39 is 11.4 Å². The number of nitrogens with zero attached hydrogens (tertiary/aromatic N) is 3. The predicted molar refractivity (Wildman–Crippen MR) is 104 cm³/mol. The van der Waals surface area contributed by atoms with Crippen LogP contribution in [-0.2, 0) is 13.0 Å². The SMILES string of the molecule is NCc1cccc2c1CCCN2C(=O)c1ccc(=O)n(-c2ccc(F)cc2)n1. The van der Waals surface area contributed by atoms with Crippen LogP contribution in [-0.4, -0.2) is 22.2 Å². The third-order valence-corrected chi connectivity index (χ3v) is 4.90. The molecule has 0 radical (unpaired) electrons. The Kier molecular flexibility index (Phi) is 4.75. The van der Waals surface area contributed by atoms with Gasteiger partial charge in [-0.15, -0.1) is 0 Å². The van der Waals surface area contributed by atoms with Gasteiger partial charge in [0.15, 0.2) is 0 Å². The predicted octanol–water partition coefficient (Wildman–Crippen LogP) is 2.42. The molecule has 7 heteroatoms. The van der Waals surface area contributed by atoms with Crippen LogP contribution in [0.3, 0.4) is 0 Å². The molecule has 2 N–H and O–H groups in total. The largest absolute Gasteiger partial charge is 0.326 e. The van der Waals surface area contributed by atoms with Gasteiger partial charge in [0.05, 0.1) is 5.69 Å². The van der Waals surface area contributed by atoms with Crippen molar-refractivity contribution in [2.75, 3.05) is 11.4 Å². The number of nitrogens with two attached hydrogens (primary N) is 1. The molecule has 28 heavy (non-hydrogen) atoms. The minimum atomic E-state index is -0.412. The van der Waals surface area contributed by atoms with Gasteiger partial charge in [0.25, 0.3) is 11.5 Å². The van der Waals surface area contributed by atoms with Gasteiger partial charge in [0.1, 0.15) is 11.5 Å². The third-order valence-electron chi connectivity index (χ3n) is 4.90. The van der Waals surface area contributed by atoms with E-state index in [-0.39, 0.29) is 11.6 Å². The summed E-state index contributed by atoms with van der Waals surface area (Å²) >= 11 is 0. The molecule has 2 aromatic carbocycles. The van der Waals surface area contributed by atoms with Crippen LogP contribution >= 0.6 is 0 Å². The number of hydrogen-bond donors (Lipinski definition) is 1. The number of benzene rings is 2. The summed E-state index contributed by atoms with van der Waals surface area (Å²) < 4.78 is 14.3. The smallest absolute Gasteiger partial charge is 0.278 e. The lowest BCUT2D eigenvalue weighted by Gasteiger charge is -2.30. The molecule has 2 heterocycles. The van der Waals surface area contributed by atoms with Gasteiger partial charge >= 0.3 is 0 Å². The molecule has 142 valence electrons. The zero-order valence-corrected chi connectivity index (χ0v) is 15.1. The Morgan fingerprint density at radius 3 is 2.64 bits per heavy atom. The van der Waals surface area contributed by atoms with Crippen LogP contribution in [0.2, 0.25) is 0 Å². The maximum Gasteiger partial charge on any atom is 0.278 e. The topological polar surface area (TPSA) is 81.2 Å². The van der Waals surface area contributed by atoms with E-state index in [0.717, 1.165) is 34.3 Å². The number of anilines is 1. The first-order chi connectivity index (χ1) is 13.6. The van der Waals surface area contributed by atoms with E-state index in [1.165, 1.54) is 36.4 Å². The van der Waals surface area contributed by atoms with Gasteiger partial charge in [-0.05, 0) is 60.4 Å². The molecule has 1 amide bonds. The number of hydrogen-bond acceptors (Lipinski definition) is 4. The van der Waals surface area contributed by atoms with Crippen molar-refractivity contribution in [3.63, 3.8) is 0 Å². The van der Waals surface area contributed by atoms with Crippen molar-refractivity contribution in [1.29, 1.82) is 0 Å². The van der Waals surface area contributed by atoms with Gasteiger partial charge in [0.2, 0.25) is 0 Å². The Balaban J connectivity index is 1.73. The second-order valence-electron chi connectivity index (χ2n) is 6.62. The van der Waals surface area contributed by atoms with E-state index in [4.69, 9.17) is 5.73 Å². The molecule has 3 aromatic rings. The maximum absolute atomic E-state index is 13.2. The summed E-state index contributed by atoms with van der Waals surface area (Å²) in [5.74, 6) is -0.698. The first-order valence-corrected chi connectivity index (χ1v) is 9.07. The zero-order chi connectivity index (χ0) is 19.7. The molecule has 0 spiro atoms. The summed E-state index contributed by atoms with van der Waals surface area (Å²) in [6.07, 6.45) is 1.70. The second-order valence-corrected chi connectivity index (χ2v) is 6.62. The minimum absolute atomic E-state index is 0.148. The summed E-state index contributed by atoms with van der Waals surface area (Å²) in [6.45, 7) is 0.982. The van der Waals surface area contributed by atoms with Crippen LogP contribution in [0.4, 0.5) is 10.1 Å². The van der Waals surface area contributed by atoms with E-state index in [9.17, 15) is 14.0 Å². The number of fused-ring (bicyclic) bond motifs is 1. The molecule has 0 saturated carbocycles. The van der Waals surface area contributed by atoms with Crippen molar-refractivity contribution in [1.82, 2.24) is 9.78 Å². The van der Waals surface area contributed by atoms with Crippen LogP contribution in [0.1, 0.15) is 28.0 Å². The van der Waals surface area contributed by atoms with E-state index in [1.54, 1.807) is 4.90 Å². The molecule has 1 aliphatic rings. The van der Waals surface area contributed by atoms with Crippen LogP contribution in [0.25, 0.3) is 5.69 Å². The number of rotatable bonds is 3. The van der Waals surface area contributed by atoms with Crippen LogP contribution < -0.4 is 16.2 Å². The summed E-state index contributed by atoms with van der Waals surface area (Å²) in [5.41, 5.74) is 8.92. The van der Waals surface area contributed by atoms with Crippen molar-refractivity contribution in [2.24, 2.45) is 5.73 Å². The van der Waals surface area contributed by atoms with Crippen LogP contribution in [0.15, 0.2) is 59.4 Å². The zero-order valence-electron chi connectivity index (χ0n) is 15.1. The molecule has 6 nitrogen and oxygen atoms in total. The Morgan fingerprint density at radius 1 is 1.11 bits per heavy atom. The van der Waals surface area contributed by atoms with Crippen LogP contribution in [0.5, 0.6) is 0 Å². The average molecular weight is 378 g/mol.